The lowest BCUT2D eigenvalue weighted by atomic mass is 10.3. The average Bonchev–Trinajstić information content (AvgIpc) is 2.72. The number of para-hydroxylation sites is 1. The molecule has 1 aliphatic heterocycles. The molecule has 3 rings (SSSR count). The van der Waals surface area contributed by atoms with Gasteiger partial charge in [0.05, 0.1) is 0 Å². The highest BCUT2D eigenvalue weighted by atomic mass is 127. The van der Waals surface area contributed by atoms with Gasteiger partial charge in [-0.25, -0.2) is 0 Å². The Morgan fingerprint density at radius 2 is 1.38 bits per heavy atom. The minimum Gasteiger partial charge on any atom is -0.281 e. The Balaban J connectivity index is 2.02. The SMILES string of the molecule is N=C1C(=S)N(c2ccc(I)cc2)C(=S)N1c1ccccc1. The largest absolute Gasteiger partial charge is 0.281 e. The van der Waals surface area contributed by atoms with Gasteiger partial charge in [-0.15, -0.1) is 0 Å². The maximum Gasteiger partial charge on any atom is 0.192 e. The number of halogens is 1. The van der Waals surface area contributed by atoms with Crippen molar-refractivity contribution in [2.75, 3.05) is 9.80 Å². The molecule has 1 aliphatic rings. The standard InChI is InChI=1S/C15H10IN3S2/c16-10-6-8-12(9-7-10)19-14(20)13(17)18(15(19)21)11-4-2-1-3-5-11/h1-9,17H. The number of anilines is 2. The fourth-order valence-electron chi connectivity index (χ4n) is 2.12. The van der Waals surface area contributed by atoms with Crippen molar-refractivity contribution in [2.24, 2.45) is 0 Å². The third-order valence-corrected chi connectivity index (χ3v) is 4.57. The smallest absolute Gasteiger partial charge is 0.192 e. The normalized spacial score (nSPS) is 15.0. The first-order valence-corrected chi connectivity index (χ1v) is 8.07. The lowest BCUT2D eigenvalue weighted by Gasteiger charge is -2.20. The van der Waals surface area contributed by atoms with Crippen molar-refractivity contribution >= 4 is 74.3 Å². The van der Waals surface area contributed by atoms with Gasteiger partial charge in [0, 0.05) is 14.9 Å². The zero-order chi connectivity index (χ0) is 15.0. The number of hydrogen-bond acceptors (Lipinski definition) is 3. The number of amidine groups is 1. The Hall–Kier alpha value is -1.38. The van der Waals surface area contributed by atoms with Gasteiger partial charge in [-0.2, -0.15) is 0 Å². The second kappa shape index (κ2) is 5.78. The number of thiocarbonyl (C=S) groups is 2. The maximum atomic E-state index is 8.26. The molecule has 3 nitrogen and oxygen atoms in total. The number of nitrogens with one attached hydrogen (secondary N) is 1. The molecule has 2 aromatic rings. The van der Waals surface area contributed by atoms with E-state index in [0.717, 1.165) is 14.9 Å². The van der Waals surface area contributed by atoms with E-state index in [1.165, 1.54) is 0 Å². The summed E-state index contributed by atoms with van der Waals surface area (Å²) >= 11 is 13.2. The molecule has 104 valence electrons. The molecule has 0 spiro atoms. The zero-order valence-corrected chi connectivity index (χ0v) is 14.6. The minimum absolute atomic E-state index is 0.236. The molecule has 0 bridgehead atoms. The Bertz CT molecular complexity index is 728. The van der Waals surface area contributed by atoms with Crippen LogP contribution in [0.5, 0.6) is 0 Å². The molecule has 0 radical (unpaired) electrons. The van der Waals surface area contributed by atoms with Crippen molar-refractivity contribution in [3.05, 3.63) is 58.2 Å². The second-order valence-electron chi connectivity index (χ2n) is 4.42. The van der Waals surface area contributed by atoms with Gasteiger partial charge in [-0.05, 0) is 71.2 Å². The molecule has 2 aromatic carbocycles. The van der Waals surface area contributed by atoms with Crippen molar-refractivity contribution in [2.45, 2.75) is 0 Å². The van der Waals surface area contributed by atoms with Crippen molar-refractivity contribution in [3.63, 3.8) is 0 Å². The van der Waals surface area contributed by atoms with E-state index in [9.17, 15) is 0 Å². The average molecular weight is 423 g/mol. The van der Waals surface area contributed by atoms with Gasteiger partial charge in [0.1, 0.15) is 0 Å². The summed E-state index contributed by atoms with van der Waals surface area (Å²) in [6.07, 6.45) is 0. The van der Waals surface area contributed by atoms with Crippen LogP contribution in [0.3, 0.4) is 0 Å². The predicted octanol–water partition coefficient (Wildman–Crippen LogP) is 4.21. The van der Waals surface area contributed by atoms with Gasteiger partial charge in [-0.3, -0.25) is 15.2 Å². The fraction of sp³-hybridized carbons (Fsp3) is 0. The molecule has 1 fully saturated rings. The van der Waals surface area contributed by atoms with Crippen LogP contribution >= 0.6 is 47.0 Å². The van der Waals surface area contributed by atoms with Crippen LogP contribution in [0.25, 0.3) is 0 Å². The fourth-order valence-corrected chi connectivity index (χ4v) is 3.21. The van der Waals surface area contributed by atoms with E-state index in [4.69, 9.17) is 29.8 Å². The minimum atomic E-state index is 0.236. The Morgan fingerprint density at radius 3 is 2.00 bits per heavy atom. The second-order valence-corrected chi connectivity index (χ2v) is 6.42. The summed E-state index contributed by atoms with van der Waals surface area (Å²) in [7, 11) is 0. The molecule has 1 N–H and O–H groups in total. The van der Waals surface area contributed by atoms with Gasteiger partial charge in [0.2, 0.25) is 0 Å². The molecular weight excluding hydrogens is 413 g/mol. The van der Waals surface area contributed by atoms with Crippen molar-refractivity contribution in [1.29, 1.82) is 5.41 Å². The summed E-state index contributed by atoms with van der Waals surface area (Å²) in [6, 6.07) is 17.5. The first-order valence-electron chi connectivity index (χ1n) is 6.17. The van der Waals surface area contributed by atoms with Gasteiger partial charge in [0.15, 0.2) is 15.9 Å². The first kappa shape index (κ1) is 14.6. The Morgan fingerprint density at radius 1 is 0.810 bits per heavy atom. The molecule has 1 heterocycles. The molecule has 0 saturated carbocycles. The number of benzene rings is 2. The van der Waals surface area contributed by atoms with E-state index in [-0.39, 0.29) is 5.84 Å². The Labute approximate surface area is 147 Å². The third kappa shape index (κ3) is 2.58. The van der Waals surface area contributed by atoms with E-state index in [0.29, 0.717) is 10.1 Å². The van der Waals surface area contributed by atoms with Crippen LogP contribution < -0.4 is 9.80 Å². The van der Waals surface area contributed by atoms with E-state index in [2.05, 4.69) is 22.6 Å². The van der Waals surface area contributed by atoms with Gasteiger partial charge in [-0.1, -0.05) is 30.4 Å². The quantitative estimate of drug-likeness (QED) is 0.579. The summed E-state index contributed by atoms with van der Waals surface area (Å²) in [6.45, 7) is 0. The van der Waals surface area contributed by atoms with Crippen LogP contribution in [0.15, 0.2) is 54.6 Å². The van der Waals surface area contributed by atoms with Gasteiger partial charge >= 0.3 is 0 Å². The highest BCUT2D eigenvalue weighted by Gasteiger charge is 2.37. The van der Waals surface area contributed by atoms with Crippen molar-refractivity contribution in [3.8, 4) is 0 Å². The van der Waals surface area contributed by atoms with Crippen LogP contribution in [-0.4, -0.2) is 15.9 Å². The summed E-state index contributed by atoms with van der Waals surface area (Å²) in [4.78, 5) is 3.87. The number of hydrogen-bond donors (Lipinski definition) is 1. The van der Waals surface area contributed by atoms with Crippen LogP contribution in [0, 0.1) is 8.98 Å². The van der Waals surface area contributed by atoms with E-state index in [1.54, 1.807) is 9.80 Å². The molecular formula is C15H10IN3S2. The topological polar surface area (TPSA) is 30.3 Å². The van der Waals surface area contributed by atoms with Crippen LogP contribution in [0.1, 0.15) is 0 Å². The van der Waals surface area contributed by atoms with Crippen LogP contribution in [-0.2, 0) is 0 Å². The summed E-state index contributed by atoms with van der Waals surface area (Å²) < 4.78 is 1.14. The van der Waals surface area contributed by atoms with Gasteiger partial charge < -0.3 is 0 Å². The third-order valence-electron chi connectivity index (χ3n) is 3.11. The van der Waals surface area contributed by atoms with E-state index >= 15 is 0 Å². The van der Waals surface area contributed by atoms with Gasteiger partial charge in [0.25, 0.3) is 0 Å². The highest BCUT2D eigenvalue weighted by Crippen LogP contribution is 2.28. The number of nitrogens with zero attached hydrogens (tertiary/aromatic N) is 2. The Kier molecular flexibility index (Phi) is 4.01. The van der Waals surface area contributed by atoms with Crippen molar-refractivity contribution < 1.29 is 0 Å². The predicted molar refractivity (Wildman–Crippen MR) is 103 cm³/mol. The molecule has 6 heteroatoms. The molecule has 0 aliphatic carbocycles. The molecule has 0 amide bonds. The van der Waals surface area contributed by atoms with Crippen LogP contribution in [0.2, 0.25) is 0 Å². The number of rotatable bonds is 2. The lowest BCUT2D eigenvalue weighted by Crippen LogP contribution is -2.32. The molecule has 0 unspecified atom stereocenters. The maximum absolute atomic E-state index is 8.26. The monoisotopic (exact) mass is 423 g/mol. The molecule has 0 atom stereocenters. The summed E-state index contributed by atoms with van der Waals surface area (Å²) in [5, 5.41) is 8.77. The molecule has 1 saturated heterocycles. The lowest BCUT2D eigenvalue weighted by molar-refractivity contribution is 1.39. The summed E-state index contributed by atoms with van der Waals surface area (Å²) in [5.41, 5.74) is 1.73. The first-order chi connectivity index (χ1) is 10.1. The zero-order valence-electron chi connectivity index (χ0n) is 10.8. The van der Waals surface area contributed by atoms with Crippen LogP contribution in [0.4, 0.5) is 11.4 Å². The van der Waals surface area contributed by atoms with E-state index in [1.807, 2.05) is 54.6 Å². The van der Waals surface area contributed by atoms with Crippen molar-refractivity contribution in [1.82, 2.24) is 0 Å². The highest BCUT2D eigenvalue weighted by molar-refractivity contribution is 14.1. The van der Waals surface area contributed by atoms with E-state index < -0.39 is 0 Å². The summed E-state index contributed by atoms with van der Waals surface area (Å²) in [5.74, 6) is 0.236. The molecule has 21 heavy (non-hydrogen) atoms. The molecule has 0 aromatic heterocycles.